The van der Waals surface area contributed by atoms with E-state index in [-0.39, 0.29) is 24.1 Å². The van der Waals surface area contributed by atoms with Crippen molar-refractivity contribution in [1.29, 1.82) is 0 Å². The Balaban J connectivity index is 1.88. The van der Waals surface area contributed by atoms with Gasteiger partial charge in [-0.3, -0.25) is 4.79 Å². The van der Waals surface area contributed by atoms with Gasteiger partial charge in [0.25, 0.3) is 0 Å². The minimum Gasteiger partial charge on any atom is -0.344 e. The van der Waals surface area contributed by atoms with Crippen molar-refractivity contribution in [2.24, 2.45) is 0 Å². The van der Waals surface area contributed by atoms with Gasteiger partial charge in [0.2, 0.25) is 10.9 Å². The Morgan fingerprint density at radius 2 is 1.74 bits per heavy atom. The van der Waals surface area contributed by atoms with Crippen LogP contribution in [-0.4, -0.2) is 39.3 Å². The predicted octanol–water partition coefficient (Wildman–Crippen LogP) is 3.45. The van der Waals surface area contributed by atoms with Crippen LogP contribution in [0.1, 0.15) is 50.9 Å². The fraction of sp³-hybridized carbons (Fsp3) is 0.360. The molecule has 0 fully saturated rings. The predicted molar refractivity (Wildman–Crippen MR) is 138 cm³/mol. The molecule has 1 N–H and O–H groups in total. The largest absolute Gasteiger partial charge is 0.344 e. The van der Waals surface area contributed by atoms with E-state index in [1.54, 1.807) is 6.33 Å². The smallest absolute Gasteiger partial charge is 0.201 e. The SMILES string of the molecule is Cc1cc2c(cc1CCN[SH](=O)=O)c(=O)c(-c1cccc(-c3nncn3C(C)C)n1)cn2C(C)C. The van der Waals surface area contributed by atoms with Crippen molar-refractivity contribution in [2.45, 2.75) is 53.1 Å². The van der Waals surface area contributed by atoms with Gasteiger partial charge < -0.3 is 9.13 Å². The zero-order valence-electron chi connectivity index (χ0n) is 20.5. The molecule has 0 aliphatic carbocycles. The van der Waals surface area contributed by atoms with Crippen LogP contribution < -0.4 is 10.2 Å². The van der Waals surface area contributed by atoms with Crippen LogP contribution in [0.15, 0.2) is 47.7 Å². The van der Waals surface area contributed by atoms with E-state index in [0.29, 0.717) is 34.6 Å². The molecule has 0 amide bonds. The highest BCUT2D eigenvalue weighted by Crippen LogP contribution is 2.26. The molecular weight excluding hydrogens is 464 g/mol. The minimum atomic E-state index is -2.66. The number of aryl methyl sites for hydroxylation is 1. The standard InChI is InChI=1S/C25H30N6O3S/c1-15(2)30-13-20(21-7-6-8-22(28-21)25-29-26-14-31(25)16(3)4)24(32)19-12-18(9-10-27-35(33)34)17(5)11-23(19)30/h6-8,11-16,35H,9-10H2,1-5H3,(H,27,33,34). The van der Waals surface area contributed by atoms with Gasteiger partial charge in [0.05, 0.1) is 16.8 Å². The van der Waals surface area contributed by atoms with Gasteiger partial charge in [0.1, 0.15) is 12.0 Å². The summed E-state index contributed by atoms with van der Waals surface area (Å²) in [6.07, 6.45) is 4.05. The maximum Gasteiger partial charge on any atom is 0.201 e. The summed E-state index contributed by atoms with van der Waals surface area (Å²) in [5, 5.41) is 8.86. The van der Waals surface area contributed by atoms with Crippen molar-refractivity contribution in [2.75, 3.05) is 6.54 Å². The Kier molecular flexibility index (Phi) is 7.13. The van der Waals surface area contributed by atoms with Gasteiger partial charge >= 0.3 is 0 Å². The second-order valence-electron chi connectivity index (χ2n) is 9.15. The number of hydrogen-bond acceptors (Lipinski definition) is 6. The number of hydrogen-bond donors (Lipinski definition) is 2. The third kappa shape index (κ3) is 5.03. The Labute approximate surface area is 205 Å². The molecule has 0 spiro atoms. The first-order chi connectivity index (χ1) is 16.7. The van der Waals surface area contributed by atoms with E-state index in [0.717, 1.165) is 16.6 Å². The molecule has 0 aliphatic heterocycles. The minimum absolute atomic E-state index is 0.112. The summed E-state index contributed by atoms with van der Waals surface area (Å²) in [5.41, 5.74) is 4.37. The summed E-state index contributed by atoms with van der Waals surface area (Å²) >= 11 is 0. The number of fused-ring (bicyclic) bond motifs is 1. The summed E-state index contributed by atoms with van der Waals surface area (Å²) in [6, 6.07) is 9.73. The molecule has 0 bridgehead atoms. The quantitative estimate of drug-likeness (QED) is 0.363. The zero-order valence-corrected chi connectivity index (χ0v) is 21.4. The van der Waals surface area contributed by atoms with Crippen LogP contribution in [-0.2, 0) is 17.3 Å². The zero-order chi connectivity index (χ0) is 25.3. The number of nitrogens with one attached hydrogen (secondary N) is 1. The molecule has 10 heteroatoms. The molecule has 0 radical (unpaired) electrons. The Hall–Kier alpha value is -3.37. The van der Waals surface area contributed by atoms with Gasteiger partial charge in [-0.05, 0) is 76.4 Å². The van der Waals surface area contributed by atoms with Crippen LogP contribution in [0, 0.1) is 6.92 Å². The van der Waals surface area contributed by atoms with Gasteiger partial charge in [-0.25, -0.2) is 18.1 Å². The van der Waals surface area contributed by atoms with Crippen molar-refractivity contribution in [3.8, 4) is 22.8 Å². The van der Waals surface area contributed by atoms with Crippen LogP contribution in [0.2, 0.25) is 0 Å². The Morgan fingerprint density at radius 1 is 1.03 bits per heavy atom. The van der Waals surface area contributed by atoms with Gasteiger partial charge in [0.15, 0.2) is 11.3 Å². The highest BCUT2D eigenvalue weighted by Gasteiger charge is 2.17. The molecule has 9 nitrogen and oxygen atoms in total. The van der Waals surface area contributed by atoms with Crippen molar-refractivity contribution in [1.82, 2.24) is 29.0 Å². The van der Waals surface area contributed by atoms with E-state index in [1.807, 2.05) is 61.9 Å². The number of rotatable bonds is 8. The molecule has 184 valence electrons. The second kappa shape index (κ2) is 10.1. The van der Waals surface area contributed by atoms with Crippen LogP contribution in [0.4, 0.5) is 0 Å². The maximum atomic E-state index is 13.7. The molecule has 4 aromatic rings. The number of thiol groups is 1. The summed E-state index contributed by atoms with van der Waals surface area (Å²) < 4.78 is 28.2. The van der Waals surface area contributed by atoms with E-state index in [9.17, 15) is 13.2 Å². The first-order valence-corrected chi connectivity index (χ1v) is 12.8. The van der Waals surface area contributed by atoms with Crippen LogP contribution in [0.25, 0.3) is 33.7 Å². The summed E-state index contributed by atoms with van der Waals surface area (Å²) in [4.78, 5) is 18.5. The van der Waals surface area contributed by atoms with Gasteiger partial charge in [-0.15, -0.1) is 10.2 Å². The lowest BCUT2D eigenvalue weighted by Gasteiger charge is -2.19. The molecule has 1 aromatic carbocycles. The Bertz CT molecular complexity index is 1510. The van der Waals surface area contributed by atoms with E-state index in [4.69, 9.17) is 4.98 Å². The third-order valence-corrected chi connectivity index (χ3v) is 6.55. The lowest BCUT2D eigenvalue weighted by Crippen LogP contribution is -2.17. The van der Waals surface area contributed by atoms with E-state index >= 15 is 0 Å². The van der Waals surface area contributed by atoms with Crippen LogP contribution >= 0.6 is 0 Å². The van der Waals surface area contributed by atoms with Crippen molar-refractivity contribution in [3.05, 3.63) is 64.2 Å². The summed E-state index contributed by atoms with van der Waals surface area (Å²) in [7, 11) is -2.66. The molecular formula is C25H30N6O3S. The van der Waals surface area contributed by atoms with Gasteiger partial charge in [-0.1, -0.05) is 6.07 Å². The highest BCUT2D eigenvalue weighted by atomic mass is 32.2. The fourth-order valence-electron chi connectivity index (χ4n) is 4.22. The molecule has 3 aromatic heterocycles. The molecule has 0 atom stereocenters. The normalized spacial score (nSPS) is 11.9. The van der Waals surface area contributed by atoms with Crippen molar-refractivity contribution < 1.29 is 8.42 Å². The fourth-order valence-corrected chi connectivity index (χ4v) is 4.51. The van der Waals surface area contributed by atoms with E-state index < -0.39 is 10.9 Å². The number of benzene rings is 1. The number of nitrogens with zero attached hydrogens (tertiary/aromatic N) is 5. The first-order valence-electron chi connectivity index (χ1n) is 11.6. The van der Waals surface area contributed by atoms with Gasteiger partial charge in [-0.2, -0.15) is 0 Å². The average molecular weight is 495 g/mol. The van der Waals surface area contributed by atoms with Crippen molar-refractivity contribution >= 4 is 21.8 Å². The third-order valence-electron chi connectivity index (χ3n) is 6.06. The topological polar surface area (TPSA) is 112 Å². The number of aromatic nitrogens is 5. The highest BCUT2D eigenvalue weighted by molar-refractivity contribution is 7.70. The summed E-state index contributed by atoms with van der Waals surface area (Å²) in [6.45, 7) is 10.5. The Morgan fingerprint density at radius 3 is 2.43 bits per heavy atom. The summed E-state index contributed by atoms with van der Waals surface area (Å²) in [5.74, 6) is 0.647. The first kappa shape index (κ1) is 24.7. The van der Waals surface area contributed by atoms with Crippen LogP contribution in [0.3, 0.4) is 0 Å². The molecule has 0 saturated carbocycles. The lowest BCUT2D eigenvalue weighted by molar-refractivity contribution is 0.601. The van der Waals surface area contributed by atoms with Crippen LogP contribution in [0.5, 0.6) is 0 Å². The molecule has 3 heterocycles. The second-order valence-corrected chi connectivity index (χ2v) is 9.98. The lowest BCUT2D eigenvalue weighted by atomic mass is 9.99. The maximum absolute atomic E-state index is 13.7. The molecule has 0 unspecified atom stereocenters. The average Bonchev–Trinajstić information content (AvgIpc) is 3.30. The number of pyridine rings is 2. The van der Waals surface area contributed by atoms with E-state index in [1.165, 1.54) is 0 Å². The van der Waals surface area contributed by atoms with Gasteiger partial charge in [0, 0.05) is 30.2 Å². The molecule has 0 saturated heterocycles. The molecule has 35 heavy (non-hydrogen) atoms. The van der Waals surface area contributed by atoms with Crippen molar-refractivity contribution in [3.63, 3.8) is 0 Å². The molecule has 0 aliphatic rings. The molecule has 4 rings (SSSR count). The van der Waals surface area contributed by atoms with E-state index in [2.05, 4.69) is 33.3 Å². The monoisotopic (exact) mass is 494 g/mol.